The van der Waals surface area contributed by atoms with Crippen molar-refractivity contribution in [3.05, 3.63) is 115 Å². The van der Waals surface area contributed by atoms with Crippen LogP contribution in [0.3, 0.4) is 0 Å². The number of carbonyl (C=O) groups is 3. The summed E-state index contributed by atoms with van der Waals surface area (Å²) in [6.45, 7) is 6.35. The smallest absolute Gasteiger partial charge is 0.276 e. The number of Topliss-reactive ketones (excluding diaryl/α,β-unsaturated/α-hetero) is 2. The lowest BCUT2D eigenvalue weighted by atomic mass is 9.98. The highest BCUT2D eigenvalue weighted by molar-refractivity contribution is 6.42. The predicted molar refractivity (Wildman–Crippen MR) is 169 cm³/mol. The van der Waals surface area contributed by atoms with E-state index < -0.39 is 0 Å². The zero-order valence-corrected chi connectivity index (χ0v) is 26.1. The Bertz CT molecular complexity index is 1620. The number of rotatable bonds is 12. The van der Waals surface area contributed by atoms with Crippen molar-refractivity contribution >= 4 is 52.3 Å². The molecule has 0 spiro atoms. The van der Waals surface area contributed by atoms with Crippen molar-refractivity contribution in [1.82, 2.24) is 14.7 Å². The van der Waals surface area contributed by atoms with E-state index in [0.29, 0.717) is 45.6 Å². The first-order valence-corrected chi connectivity index (χ1v) is 15.0. The Hall–Kier alpha value is -3.45. The molecule has 0 N–H and O–H groups in total. The van der Waals surface area contributed by atoms with Crippen LogP contribution < -0.4 is 0 Å². The van der Waals surface area contributed by atoms with Gasteiger partial charge in [-0.15, -0.1) is 0 Å². The molecule has 3 aromatic carbocycles. The second-order valence-electron chi connectivity index (χ2n) is 10.1. The van der Waals surface area contributed by atoms with Gasteiger partial charge >= 0.3 is 0 Å². The topological polar surface area (TPSA) is 72.3 Å². The van der Waals surface area contributed by atoms with Gasteiger partial charge in [-0.05, 0) is 54.8 Å². The predicted octanol–water partition coefficient (Wildman–Crippen LogP) is 8.60. The van der Waals surface area contributed by atoms with Gasteiger partial charge in [0.15, 0.2) is 17.3 Å². The van der Waals surface area contributed by atoms with Crippen LogP contribution in [-0.4, -0.2) is 38.7 Å². The SMILES string of the molecule is CCCCN(Cc1ccc(Cl)c(Cl)c1)C(=O)c1nn(-c2ccc(C(=O)Cc3ccccc3)cc2C(=O)CC)c(C)c1Cl. The Kier molecular flexibility index (Phi) is 10.6. The second-order valence-corrected chi connectivity index (χ2v) is 11.3. The lowest BCUT2D eigenvalue weighted by Crippen LogP contribution is -2.32. The molecule has 1 amide bonds. The van der Waals surface area contributed by atoms with E-state index in [0.717, 1.165) is 24.0 Å². The minimum atomic E-state index is -0.334. The zero-order chi connectivity index (χ0) is 30.4. The Balaban J connectivity index is 1.69. The maximum atomic E-state index is 13.8. The number of hydrogen-bond acceptors (Lipinski definition) is 4. The fourth-order valence-electron chi connectivity index (χ4n) is 4.66. The molecule has 42 heavy (non-hydrogen) atoms. The summed E-state index contributed by atoms with van der Waals surface area (Å²) in [5.74, 6) is -0.584. The van der Waals surface area contributed by atoms with Crippen molar-refractivity contribution in [3.63, 3.8) is 0 Å². The third-order valence-electron chi connectivity index (χ3n) is 7.05. The van der Waals surface area contributed by atoms with Crippen LogP contribution in [0, 0.1) is 6.92 Å². The normalized spacial score (nSPS) is 11.0. The minimum absolute atomic E-state index is 0.0875. The molecule has 4 rings (SSSR count). The van der Waals surface area contributed by atoms with Crippen LogP contribution in [0.15, 0.2) is 66.7 Å². The molecule has 1 aromatic heterocycles. The minimum Gasteiger partial charge on any atom is -0.333 e. The number of ketones is 2. The number of unbranched alkanes of at least 4 members (excludes halogenated alkanes) is 1. The second kappa shape index (κ2) is 14.1. The molecule has 1 heterocycles. The summed E-state index contributed by atoms with van der Waals surface area (Å²) in [7, 11) is 0. The Labute approximate surface area is 261 Å². The molecule has 0 radical (unpaired) electrons. The largest absolute Gasteiger partial charge is 0.333 e. The van der Waals surface area contributed by atoms with Gasteiger partial charge in [0.1, 0.15) is 0 Å². The number of carbonyl (C=O) groups excluding carboxylic acids is 3. The van der Waals surface area contributed by atoms with E-state index >= 15 is 0 Å². The number of hydrogen-bond donors (Lipinski definition) is 0. The highest BCUT2D eigenvalue weighted by Gasteiger charge is 2.27. The Morgan fingerprint density at radius 3 is 2.26 bits per heavy atom. The maximum absolute atomic E-state index is 13.8. The number of amides is 1. The van der Waals surface area contributed by atoms with E-state index in [1.165, 1.54) is 4.68 Å². The average Bonchev–Trinajstić information content (AvgIpc) is 3.29. The highest BCUT2D eigenvalue weighted by Crippen LogP contribution is 2.29. The van der Waals surface area contributed by atoms with Crippen LogP contribution >= 0.6 is 34.8 Å². The first-order valence-electron chi connectivity index (χ1n) is 13.9. The summed E-state index contributed by atoms with van der Waals surface area (Å²) in [5.41, 5.74) is 3.55. The molecule has 0 saturated carbocycles. The number of benzene rings is 3. The molecule has 0 atom stereocenters. The van der Waals surface area contributed by atoms with Gasteiger partial charge in [-0.3, -0.25) is 14.4 Å². The van der Waals surface area contributed by atoms with E-state index in [1.807, 2.05) is 43.3 Å². The molecule has 218 valence electrons. The van der Waals surface area contributed by atoms with Crippen LogP contribution in [-0.2, 0) is 13.0 Å². The molecule has 0 aliphatic rings. The third-order valence-corrected chi connectivity index (χ3v) is 8.24. The molecule has 0 unspecified atom stereocenters. The summed E-state index contributed by atoms with van der Waals surface area (Å²) in [4.78, 5) is 41.6. The zero-order valence-electron chi connectivity index (χ0n) is 23.8. The standard InChI is InChI=1S/C33H32Cl3N3O3/c1-4-6-16-38(20-23-12-14-26(34)27(35)17-23)33(42)32-31(36)21(3)39(37-32)28-15-13-24(19-25(28)29(40)5-2)30(41)18-22-10-8-7-9-11-22/h7-15,17,19H,4-6,16,18,20H2,1-3H3. The molecule has 0 saturated heterocycles. The van der Waals surface area contributed by atoms with Crippen molar-refractivity contribution in [1.29, 1.82) is 0 Å². The maximum Gasteiger partial charge on any atom is 0.276 e. The van der Waals surface area contributed by atoms with E-state index in [2.05, 4.69) is 5.10 Å². The van der Waals surface area contributed by atoms with Crippen LogP contribution in [0.4, 0.5) is 0 Å². The van der Waals surface area contributed by atoms with E-state index in [1.54, 1.807) is 49.1 Å². The van der Waals surface area contributed by atoms with E-state index in [-0.39, 0.29) is 41.0 Å². The highest BCUT2D eigenvalue weighted by atomic mass is 35.5. The molecule has 0 aliphatic heterocycles. The van der Waals surface area contributed by atoms with Gasteiger partial charge in [-0.1, -0.05) is 91.5 Å². The molecule has 6 nitrogen and oxygen atoms in total. The van der Waals surface area contributed by atoms with E-state index in [9.17, 15) is 14.4 Å². The molecule has 9 heteroatoms. The lowest BCUT2D eigenvalue weighted by Gasteiger charge is -2.22. The van der Waals surface area contributed by atoms with Gasteiger partial charge in [-0.25, -0.2) is 4.68 Å². The van der Waals surface area contributed by atoms with Gasteiger partial charge < -0.3 is 4.90 Å². The first-order chi connectivity index (χ1) is 20.1. The number of nitrogens with zero attached hydrogens (tertiary/aromatic N) is 3. The van der Waals surface area contributed by atoms with Gasteiger partial charge in [0.05, 0.1) is 26.4 Å². The summed E-state index contributed by atoms with van der Waals surface area (Å²) < 4.78 is 1.51. The fourth-order valence-corrected chi connectivity index (χ4v) is 5.17. The molecular formula is C33H32Cl3N3O3. The summed E-state index contributed by atoms with van der Waals surface area (Å²) in [6.07, 6.45) is 2.14. The Morgan fingerprint density at radius 1 is 0.857 bits per heavy atom. The van der Waals surface area contributed by atoms with Crippen molar-refractivity contribution < 1.29 is 14.4 Å². The molecular weight excluding hydrogens is 593 g/mol. The van der Waals surface area contributed by atoms with E-state index in [4.69, 9.17) is 34.8 Å². The summed E-state index contributed by atoms with van der Waals surface area (Å²) in [6, 6.07) is 19.7. The van der Waals surface area contributed by atoms with Crippen LogP contribution in [0.2, 0.25) is 15.1 Å². The summed E-state index contributed by atoms with van der Waals surface area (Å²) >= 11 is 19.0. The lowest BCUT2D eigenvalue weighted by molar-refractivity contribution is 0.0734. The summed E-state index contributed by atoms with van der Waals surface area (Å²) in [5, 5.41) is 5.66. The quantitative estimate of drug-likeness (QED) is 0.148. The van der Waals surface area contributed by atoms with Crippen molar-refractivity contribution in [2.24, 2.45) is 0 Å². The van der Waals surface area contributed by atoms with Gasteiger partial charge in [-0.2, -0.15) is 5.10 Å². The van der Waals surface area contributed by atoms with Crippen molar-refractivity contribution in [2.45, 2.75) is 53.0 Å². The number of aromatic nitrogens is 2. The molecule has 0 fully saturated rings. The molecule has 4 aromatic rings. The molecule has 0 bridgehead atoms. The van der Waals surface area contributed by atoms with Crippen LogP contribution in [0.5, 0.6) is 0 Å². The van der Waals surface area contributed by atoms with Gasteiger partial charge in [0.2, 0.25) is 0 Å². The Morgan fingerprint density at radius 2 is 1.60 bits per heavy atom. The van der Waals surface area contributed by atoms with Crippen molar-refractivity contribution in [2.75, 3.05) is 6.54 Å². The fraction of sp³-hybridized carbons (Fsp3) is 0.273. The average molecular weight is 625 g/mol. The van der Waals surface area contributed by atoms with Crippen LogP contribution in [0.1, 0.15) is 81.1 Å². The monoisotopic (exact) mass is 623 g/mol. The van der Waals surface area contributed by atoms with Crippen LogP contribution in [0.25, 0.3) is 5.69 Å². The van der Waals surface area contributed by atoms with Crippen molar-refractivity contribution in [3.8, 4) is 5.69 Å². The third kappa shape index (κ3) is 7.12. The van der Waals surface area contributed by atoms with Gasteiger partial charge in [0, 0.05) is 37.1 Å². The molecule has 0 aliphatic carbocycles. The first kappa shape index (κ1) is 31.5. The number of halogens is 3. The van der Waals surface area contributed by atoms with Gasteiger partial charge in [0.25, 0.3) is 5.91 Å².